The molecule has 0 saturated carbocycles. The van der Waals surface area contributed by atoms with E-state index in [0.717, 1.165) is 11.6 Å². The van der Waals surface area contributed by atoms with E-state index < -0.39 is 0 Å². The topological polar surface area (TPSA) is 23.9 Å². The van der Waals surface area contributed by atoms with Crippen molar-refractivity contribution in [2.75, 3.05) is 0 Å². The van der Waals surface area contributed by atoms with Crippen molar-refractivity contribution in [2.24, 2.45) is 0 Å². The molecule has 0 radical (unpaired) electrons. The molecule has 1 aliphatic carbocycles. The van der Waals surface area contributed by atoms with Gasteiger partial charge in [-0.3, -0.25) is 0 Å². The van der Waals surface area contributed by atoms with Crippen LogP contribution in [0.15, 0.2) is 60.2 Å². The Bertz CT molecular complexity index is 1080. The molecule has 0 heterocycles. The fraction of sp³-hybridized carbons (Fsp3) is 0.269. The molecule has 0 aliphatic heterocycles. The summed E-state index contributed by atoms with van der Waals surface area (Å²) in [5.74, 6) is 0. The van der Waals surface area contributed by atoms with Gasteiger partial charge in [0, 0.05) is 11.1 Å². The smallest absolute Gasteiger partial charge is 0.0276 e. The lowest BCUT2D eigenvalue weighted by Gasteiger charge is -2.28. The highest BCUT2D eigenvalue weighted by atomic mass is 14.5. The minimum Gasteiger partial charge on any atom is -0.309 e. The summed E-state index contributed by atoms with van der Waals surface area (Å²) < 4.78 is 0. The summed E-state index contributed by atoms with van der Waals surface area (Å²) in [6.07, 6.45) is 7.53. The third-order valence-electron chi connectivity index (χ3n) is 5.97. The average molecular weight is 356 g/mol. The molecule has 1 N–H and O–H groups in total. The summed E-state index contributed by atoms with van der Waals surface area (Å²) in [6.45, 7) is 14.8. The molecule has 1 nitrogen and oxygen atoms in total. The Hall–Kier alpha value is -2.67. The molecule has 1 aliphatic rings. The lowest BCUT2D eigenvalue weighted by molar-refractivity contribution is 0.710. The normalized spacial score (nSPS) is 15.6. The van der Waals surface area contributed by atoms with Gasteiger partial charge in [-0.15, -0.1) is 0 Å². The second kappa shape index (κ2) is 7.15. The van der Waals surface area contributed by atoms with Gasteiger partial charge in [-0.05, 0) is 71.0 Å². The highest BCUT2D eigenvalue weighted by Crippen LogP contribution is 2.35. The Balaban J connectivity index is 2.41. The molecule has 2 aromatic rings. The van der Waals surface area contributed by atoms with Crippen molar-refractivity contribution in [1.29, 1.82) is 5.41 Å². The molecule has 0 fully saturated rings. The van der Waals surface area contributed by atoms with Crippen molar-refractivity contribution in [2.45, 2.75) is 46.5 Å². The molecular formula is C26H29N. The Morgan fingerprint density at radius 1 is 1.11 bits per heavy atom. The molecule has 3 rings (SSSR count). The lowest BCUT2D eigenvalue weighted by Crippen LogP contribution is -2.31. The van der Waals surface area contributed by atoms with Crippen molar-refractivity contribution < 1.29 is 0 Å². The minimum atomic E-state index is -0.305. The first-order valence-corrected chi connectivity index (χ1v) is 9.59. The maximum absolute atomic E-state index is 8.30. The van der Waals surface area contributed by atoms with Crippen molar-refractivity contribution >= 4 is 17.9 Å². The van der Waals surface area contributed by atoms with Gasteiger partial charge >= 0.3 is 0 Å². The van der Waals surface area contributed by atoms with Gasteiger partial charge in [0.25, 0.3) is 0 Å². The van der Waals surface area contributed by atoms with Crippen molar-refractivity contribution in [1.82, 2.24) is 0 Å². The predicted molar refractivity (Wildman–Crippen MR) is 119 cm³/mol. The van der Waals surface area contributed by atoms with Crippen LogP contribution in [0, 0.1) is 5.41 Å². The van der Waals surface area contributed by atoms with Gasteiger partial charge in [-0.2, -0.15) is 0 Å². The van der Waals surface area contributed by atoms with E-state index in [1.165, 1.54) is 38.6 Å². The molecule has 0 aromatic heterocycles. The average Bonchev–Trinajstić information content (AvgIpc) is 2.81. The highest BCUT2D eigenvalue weighted by Gasteiger charge is 2.27. The number of allylic oxidation sites excluding steroid dienone is 4. The van der Waals surface area contributed by atoms with E-state index in [1.807, 2.05) is 6.92 Å². The Labute approximate surface area is 163 Å². The Morgan fingerprint density at radius 3 is 2.48 bits per heavy atom. The third-order valence-corrected chi connectivity index (χ3v) is 5.97. The van der Waals surface area contributed by atoms with Gasteiger partial charge < -0.3 is 5.41 Å². The largest absolute Gasteiger partial charge is 0.309 e. The first-order valence-electron chi connectivity index (χ1n) is 9.59. The maximum Gasteiger partial charge on any atom is 0.0276 e. The van der Waals surface area contributed by atoms with E-state index >= 15 is 0 Å². The maximum atomic E-state index is 8.30. The summed E-state index contributed by atoms with van der Waals surface area (Å²) in [4.78, 5) is 0. The number of benzene rings is 2. The minimum absolute atomic E-state index is 0.305. The van der Waals surface area contributed by atoms with Crippen molar-refractivity contribution in [3.8, 4) is 11.1 Å². The van der Waals surface area contributed by atoms with Gasteiger partial charge in [0.1, 0.15) is 0 Å². The van der Waals surface area contributed by atoms with Gasteiger partial charge in [0.05, 0.1) is 0 Å². The number of fused-ring (bicyclic) bond motifs is 1. The van der Waals surface area contributed by atoms with Gasteiger partial charge in [-0.25, -0.2) is 0 Å². The van der Waals surface area contributed by atoms with Crippen LogP contribution >= 0.6 is 0 Å². The molecule has 27 heavy (non-hydrogen) atoms. The molecule has 0 bridgehead atoms. The summed E-state index contributed by atoms with van der Waals surface area (Å²) in [5.41, 5.74) is 7.92. The zero-order valence-corrected chi connectivity index (χ0v) is 17.1. The molecule has 2 aromatic carbocycles. The van der Waals surface area contributed by atoms with Crippen LogP contribution in [0.1, 0.15) is 45.7 Å². The fourth-order valence-corrected chi connectivity index (χ4v) is 3.98. The zero-order chi connectivity index (χ0) is 19.8. The predicted octanol–water partition coefficient (Wildman–Crippen LogP) is 5.31. The van der Waals surface area contributed by atoms with Crippen LogP contribution in [0.25, 0.3) is 23.3 Å². The van der Waals surface area contributed by atoms with E-state index in [4.69, 9.17) is 5.41 Å². The summed E-state index contributed by atoms with van der Waals surface area (Å²) in [7, 11) is 0. The third kappa shape index (κ3) is 3.23. The van der Waals surface area contributed by atoms with Gasteiger partial charge in [0.15, 0.2) is 0 Å². The van der Waals surface area contributed by atoms with Crippen LogP contribution in [0.4, 0.5) is 0 Å². The van der Waals surface area contributed by atoms with Crippen LogP contribution in [-0.4, -0.2) is 5.71 Å². The molecular weight excluding hydrogens is 326 g/mol. The first-order chi connectivity index (χ1) is 12.8. The monoisotopic (exact) mass is 355 g/mol. The van der Waals surface area contributed by atoms with E-state index in [9.17, 15) is 0 Å². The van der Waals surface area contributed by atoms with Gasteiger partial charge in [-0.1, -0.05) is 75.1 Å². The summed E-state index contributed by atoms with van der Waals surface area (Å²) in [6, 6.07) is 12.9. The number of hydrogen-bond acceptors (Lipinski definition) is 1. The van der Waals surface area contributed by atoms with Gasteiger partial charge in [0.2, 0.25) is 0 Å². The zero-order valence-electron chi connectivity index (χ0n) is 17.1. The van der Waals surface area contributed by atoms with E-state index in [1.54, 1.807) is 0 Å². The molecule has 0 saturated heterocycles. The molecule has 0 unspecified atom stereocenters. The van der Waals surface area contributed by atoms with Crippen molar-refractivity contribution in [3.05, 3.63) is 81.8 Å². The standard InChI is InChI=1S/C26H29N/c1-7-20-11-10-13-23-21(16-15-17(2)25(23)18(20)3)22-12-8-9-14-24(22)26(5,6)19(4)27/h7-12,14-16,27H,2,13H2,1,3-6H3. The van der Waals surface area contributed by atoms with Crippen LogP contribution in [-0.2, 0) is 11.8 Å². The van der Waals surface area contributed by atoms with Crippen molar-refractivity contribution in [3.63, 3.8) is 0 Å². The van der Waals surface area contributed by atoms with Crippen LogP contribution < -0.4 is 10.4 Å². The van der Waals surface area contributed by atoms with E-state index in [-0.39, 0.29) is 5.41 Å². The molecule has 1 heteroatoms. The lowest BCUT2D eigenvalue weighted by atomic mass is 9.76. The second-order valence-electron chi connectivity index (χ2n) is 7.90. The quantitative estimate of drug-likeness (QED) is 0.722. The molecule has 0 spiro atoms. The van der Waals surface area contributed by atoms with E-state index in [2.05, 4.69) is 88.9 Å². The Kier molecular flexibility index (Phi) is 5.06. The first kappa shape index (κ1) is 19.1. The summed E-state index contributed by atoms with van der Waals surface area (Å²) >= 11 is 0. The number of hydrogen-bond donors (Lipinski definition) is 1. The fourth-order valence-electron chi connectivity index (χ4n) is 3.98. The number of nitrogens with one attached hydrogen (secondary N) is 1. The van der Waals surface area contributed by atoms with Crippen LogP contribution in [0.3, 0.4) is 0 Å². The van der Waals surface area contributed by atoms with E-state index in [0.29, 0.717) is 5.71 Å². The van der Waals surface area contributed by atoms with Crippen LogP contribution in [0.2, 0.25) is 0 Å². The number of rotatable bonds is 3. The SMILES string of the molecule is C=c1ccc(-c2ccccc2C(C)(C)C(C)=N)c2c1=C(C)C(=CC)C=CC2. The summed E-state index contributed by atoms with van der Waals surface area (Å²) in [5, 5.41) is 10.6. The molecule has 0 amide bonds. The molecule has 0 atom stereocenters. The highest BCUT2D eigenvalue weighted by molar-refractivity contribution is 5.92. The second-order valence-corrected chi connectivity index (χ2v) is 7.90. The Morgan fingerprint density at radius 2 is 1.81 bits per heavy atom. The molecule has 138 valence electrons. The van der Waals surface area contributed by atoms with Crippen LogP contribution in [0.5, 0.6) is 0 Å².